The van der Waals surface area contributed by atoms with Crippen LogP contribution in [-0.2, 0) is 4.79 Å². The van der Waals surface area contributed by atoms with Crippen LogP contribution in [0.15, 0.2) is 24.3 Å². The summed E-state index contributed by atoms with van der Waals surface area (Å²) in [5.74, 6) is -2.65. The van der Waals surface area contributed by atoms with Crippen molar-refractivity contribution in [2.75, 3.05) is 5.32 Å². The van der Waals surface area contributed by atoms with E-state index in [0.717, 1.165) is 6.07 Å². The quantitative estimate of drug-likeness (QED) is 0.804. The number of halogens is 2. The number of carboxylic acids is 1. The van der Waals surface area contributed by atoms with Gasteiger partial charge in [0, 0.05) is 5.69 Å². The molecule has 6 heteroatoms. The molecule has 0 saturated heterocycles. The van der Waals surface area contributed by atoms with Gasteiger partial charge in [0.15, 0.2) is 0 Å². The Morgan fingerprint density at radius 1 is 1.33 bits per heavy atom. The molecule has 0 fully saturated rings. The van der Waals surface area contributed by atoms with Gasteiger partial charge >= 0.3 is 12.4 Å². The van der Waals surface area contributed by atoms with Crippen LogP contribution in [0.1, 0.15) is 10.4 Å². The average Bonchev–Trinajstić information content (AvgIpc) is 2.18. The Kier molecular flexibility index (Phi) is 3.33. The lowest BCUT2D eigenvalue weighted by molar-refractivity contribution is -0.126. The van der Waals surface area contributed by atoms with Crippen molar-refractivity contribution in [1.82, 2.24) is 0 Å². The van der Waals surface area contributed by atoms with E-state index in [1.54, 1.807) is 0 Å². The minimum Gasteiger partial charge on any atom is -0.478 e. The summed E-state index contributed by atoms with van der Waals surface area (Å²) in [6.07, 6.45) is -3.13. The summed E-state index contributed by atoms with van der Waals surface area (Å²) in [6.45, 7) is 0. The fraction of sp³-hybridized carbons (Fsp3) is 0.111. The minimum absolute atomic E-state index is 0.0280. The number of anilines is 1. The lowest BCUT2D eigenvalue weighted by atomic mass is 10.2. The van der Waals surface area contributed by atoms with Gasteiger partial charge in [0.2, 0.25) is 0 Å². The van der Waals surface area contributed by atoms with Crippen molar-refractivity contribution in [3.05, 3.63) is 29.8 Å². The topological polar surface area (TPSA) is 66.4 Å². The van der Waals surface area contributed by atoms with Crippen molar-refractivity contribution < 1.29 is 23.5 Å². The molecule has 0 atom stereocenters. The first-order valence-corrected chi connectivity index (χ1v) is 3.93. The molecule has 0 saturated carbocycles. The van der Waals surface area contributed by atoms with Gasteiger partial charge in [-0.15, -0.1) is 0 Å². The molecule has 4 nitrogen and oxygen atoms in total. The Hall–Kier alpha value is -1.98. The van der Waals surface area contributed by atoms with Crippen LogP contribution in [0.2, 0.25) is 0 Å². The fourth-order valence-corrected chi connectivity index (χ4v) is 0.927. The van der Waals surface area contributed by atoms with Crippen LogP contribution in [0, 0.1) is 0 Å². The van der Waals surface area contributed by atoms with Crippen LogP contribution >= 0.6 is 0 Å². The lowest BCUT2D eigenvalue weighted by Gasteiger charge is -2.04. The molecule has 0 radical (unpaired) electrons. The monoisotopic (exact) mass is 215 g/mol. The van der Waals surface area contributed by atoms with Gasteiger partial charge in [-0.2, -0.15) is 8.78 Å². The summed E-state index contributed by atoms with van der Waals surface area (Å²) in [7, 11) is 0. The molecule has 0 aromatic heterocycles. The van der Waals surface area contributed by atoms with E-state index >= 15 is 0 Å². The van der Waals surface area contributed by atoms with E-state index < -0.39 is 18.3 Å². The van der Waals surface area contributed by atoms with Gasteiger partial charge in [-0.1, -0.05) is 6.07 Å². The molecule has 0 aliphatic carbocycles. The normalized spacial score (nSPS) is 10.1. The highest BCUT2D eigenvalue weighted by Gasteiger charge is 2.15. The van der Waals surface area contributed by atoms with Gasteiger partial charge in [0.1, 0.15) is 0 Å². The maximum absolute atomic E-state index is 11.8. The van der Waals surface area contributed by atoms with E-state index in [1.165, 1.54) is 18.2 Å². The Labute approximate surface area is 83.5 Å². The minimum atomic E-state index is -3.13. The lowest BCUT2D eigenvalue weighted by Crippen LogP contribution is -2.20. The molecular weight excluding hydrogens is 208 g/mol. The third-order valence-corrected chi connectivity index (χ3v) is 1.58. The number of carboxylic acid groups (broad SMARTS) is 1. The summed E-state index contributed by atoms with van der Waals surface area (Å²) in [5.41, 5.74) is -0.0535. The zero-order valence-electron chi connectivity index (χ0n) is 7.41. The van der Waals surface area contributed by atoms with Crippen molar-refractivity contribution in [1.29, 1.82) is 0 Å². The highest BCUT2D eigenvalue weighted by Crippen LogP contribution is 2.11. The predicted molar refractivity (Wildman–Crippen MR) is 48.0 cm³/mol. The number of nitrogens with one attached hydrogen (secondary N) is 1. The number of alkyl halides is 2. The second-order valence-electron chi connectivity index (χ2n) is 2.68. The smallest absolute Gasteiger partial charge is 0.335 e. The zero-order chi connectivity index (χ0) is 11.4. The average molecular weight is 215 g/mol. The number of aromatic carboxylic acids is 1. The van der Waals surface area contributed by atoms with E-state index in [-0.39, 0.29) is 11.3 Å². The SMILES string of the molecule is O=C(O)c1cccc(NC(=O)C(F)F)c1. The van der Waals surface area contributed by atoms with E-state index in [0.29, 0.717) is 0 Å². The molecule has 1 aromatic carbocycles. The molecule has 1 amide bonds. The molecule has 0 spiro atoms. The van der Waals surface area contributed by atoms with Crippen molar-refractivity contribution in [2.24, 2.45) is 0 Å². The molecule has 1 aromatic rings. The molecule has 0 aliphatic rings. The predicted octanol–water partition coefficient (Wildman–Crippen LogP) is 1.59. The van der Waals surface area contributed by atoms with Crippen LogP contribution in [0.3, 0.4) is 0 Å². The molecular formula is C9H7F2NO3. The standard InChI is InChI=1S/C9H7F2NO3/c10-7(11)8(13)12-6-3-1-2-5(4-6)9(14)15/h1-4,7H,(H,12,13)(H,14,15). The highest BCUT2D eigenvalue weighted by atomic mass is 19.3. The highest BCUT2D eigenvalue weighted by molar-refractivity contribution is 5.95. The first-order chi connectivity index (χ1) is 7.00. The number of hydrogen-bond acceptors (Lipinski definition) is 2. The number of hydrogen-bond donors (Lipinski definition) is 2. The molecule has 80 valence electrons. The summed E-state index contributed by atoms with van der Waals surface area (Å²) in [5, 5.41) is 10.5. The fourth-order valence-electron chi connectivity index (χ4n) is 0.927. The maximum Gasteiger partial charge on any atom is 0.335 e. The molecule has 0 heterocycles. The van der Waals surface area contributed by atoms with Crippen LogP contribution < -0.4 is 5.32 Å². The molecule has 2 N–H and O–H groups in total. The van der Waals surface area contributed by atoms with Gasteiger partial charge in [-0.05, 0) is 18.2 Å². The molecule has 0 unspecified atom stereocenters. The van der Waals surface area contributed by atoms with E-state index in [1.807, 2.05) is 5.32 Å². The summed E-state index contributed by atoms with van der Waals surface area (Å²) >= 11 is 0. The Morgan fingerprint density at radius 2 is 2.00 bits per heavy atom. The van der Waals surface area contributed by atoms with Crippen LogP contribution in [-0.4, -0.2) is 23.4 Å². The van der Waals surface area contributed by atoms with Crippen molar-refractivity contribution in [3.8, 4) is 0 Å². The molecule has 0 aliphatic heterocycles. The number of amides is 1. The van der Waals surface area contributed by atoms with E-state index in [2.05, 4.69) is 0 Å². The van der Waals surface area contributed by atoms with Crippen molar-refractivity contribution in [3.63, 3.8) is 0 Å². The largest absolute Gasteiger partial charge is 0.478 e. The third kappa shape index (κ3) is 3.01. The Morgan fingerprint density at radius 3 is 2.53 bits per heavy atom. The van der Waals surface area contributed by atoms with Crippen LogP contribution in [0.5, 0.6) is 0 Å². The number of carbonyl (C=O) groups excluding carboxylic acids is 1. The number of carbonyl (C=O) groups is 2. The summed E-state index contributed by atoms with van der Waals surface area (Å²) < 4.78 is 23.7. The summed E-state index contributed by atoms with van der Waals surface area (Å²) in [6, 6.07) is 5.07. The first-order valence-electron chi connectivity index (χ1n) is 3.93. The van der Waals surface area contributed by atoms with Crippen LogP contribution in [0.4, 0.5) is 14.5 Å². The van der Waals surface area contributed by atoms with Gasteiger partial charge in [-0.3, -0.25) is 4.79 Å². The molecule has 15 heavy (non-hydrogen) atoms. The maximum atomic E-state index is 11.8. The van der Waals surface area contributed by atoms with Crippen molar-refractivity contribution >= 4 is 17.6 Å². The summed E-state index contributed by atoms with van der Waals surface area (Å²) in [4.78, 5) is 21.1. The van der Waals surface area contributed by atoms with Gasteiger partial charge in [-0.25, -0.2) is 4.79 Å². The second-order valence-corrected chi connectivity index (χ2v) is 2.68. The van der Waals surface area contributed by atoms with Gasteiger partial charge in [0.05, 0.1) is 5.56 Å². The van der Waals surface area contributed by atoms with Gasteiger partial charge in [0.25, 0.3) is 5.91 Å². The first kappa shape index (κ1) is 11.1. The third-order valence-electron chi connectivity index (χ3n) is 1.58. The van der Waals surface area contributed by atoms with Crippen LogP contribution in [0.25, 0.3) is 0 Å². The van der Waals surface area contributed by atoms with Gasteiger partial charge < -0.3 is 10.4 Å². The van der Waals surface area contributed by atoms with E-state index in [4.69, 9.17) is 5.11 Å². The van der Waals surface area contributed by atoms with Crippen molar-refractivity contribution in [2.45, 2.75) is 6.43 Å². The molecule has 0 bridgehead atoms. The zero-order valence-corrected chi connectivity index (χ0v) is 7.41. The molecule has 1 rings (SSSR count). The second kappa shape index (κ2) is 4.50. The number of rotatable bonds is 3. The van der Waals surface area contributed by atoms with E-state index in [9.17, 15) is 18.4 Å². The Bertz CT molecular complexity index is 393. The Balaban J connectivity index is 2.83. The number of benzene rings is 1.